The van der Waals surface area contributed by atoms with Gasteiger partial charge < -0.3 is 14.6 Å². The van der Waals surface area contributed by atoms with E-state index in [-0.39, 0.29) is 12.3 Å². The molecule has 1 atom stereocenters. The first-order chi connectivity index (χ1) is 14.6. The maximum absolute atomic E-state index is 11.0. The Hall–Kier alpha value is -3.34. The van der Waals surface area contributed by atoms with Crippen LogP contribution in [0.15, 0.2) is 60.7 Å². The van der Waals surface area contributed by atoms with Crippen LogP contribution in [0.4, 0.5) is 0 Å². The van der Waals surface area contributed by atoms with Crippen molar-refractivity contribution in [2.45, 2.75) is 31.6 Å². The molecule has 0 spiro atoms. The normalized spacial score (nSPS) is 14.9. The zero-order valence-corrected chi connectivity index (χ0v) is 17.0. The number of ether oxygens (including phenoxy) is 2. The number of carboxylic acids is 1. The molecule has 0 aliphatic heterocycles. The predicted octanol–water partition coefficient (Wildman–Crippen LogP) is 4.88. The number of aliphatic carboxylic acids is 1. The number of hydrogen-bond acceptors (Lipinski definition) is 4. The monoisotopic (exact) mass is 403 g/mol. The minimum atomic E-state index is -0.738. The summed E-state index contributed by atoms with van der Waals surface area (Å²) in [4.78, 5) is 15.8. The van der Waals surface area contributed by atoms with Crippen LogP contribution in [0.5, 0.6) is 11.5 Å². The number of pyridine rings is 1. The topological polar surface area (TPSA) is 68.7 Å². The highest BCUT2D eigenvalue weighted by atomic mass is 16.5. The van der Waals surface area contributed by atoms with Gasteiger partial charge in [0.1, 0.15) is 11.5 Å². The van der Waals surface area contributed by atoms with Crippen molar-refractivity contribution in [3.8, 4) is 22.8 Å². The van der Waals surface area contributed by atoms with Gasteiger partial charge in [0.25, 0.3) is 0 Å². The van der Waals surface area contributed by atoms with Gasteiger partial charge in [-0.1, -0.05) is 12.1 Å². The minimum absolute atomic E-state index is 0.122. The van der Waals surface area contributed by atoms with E-state index in [1.165, 1.54) is 5.56 Å². The second-order valence-corrected chi connectivity index (χ2v) is 7.54. The molecule has 2 aromatic carbocycles. The lowest BCUT2D eigenvalue weighted by atomic mass is 9.98. The summed E-state index contributed by atoms with van der Waals surface area (Å²) in [6.45, 7) is 0.538. The van der Waals surface area contributed by atoms with E-state index in [2.05, 4.69) is 6.07 Å². The van der Waals surface area contributed by atoms with Crippen LogP contribution in [0.3, 0.4) is 0 Å². The summed E-state index contributed by atoms with van der Waals surface area (Å²) in [6, 6.07) is 19.9. The van der Waals surface area contributed by atoms with E-state index in [4.69, 9.17) is 19.6 Å². The first-order valence-corrected chi connectivity index (χ1v) is 10.2. The van der Waals surface area contributed by atoms with Gasteiger partial charge in [0.05, 0.1) is 25.8 Å². The fraction of sp³-hybridized carbons (Fsp3) is 0.280. The Kier molecular flexibility index (Phi) is 5.98. The highest BCUT2D eigenvalue weighted by Crippen LogP contribution is 2.37. The molecular formula is C25H25NO4. The highest BCUT2D eigenvalue weighted by molar-refractivity contribution is 5.68. The van der Waals surface area contributed by atoms with Crippen molar-refractivity contribution in [2.75, 3.05) is 13.7 Å². The number of rotatable bonds is 8. The van der Waals surface area contributed by atoms with Crippen LogP contribution in [0, 0.1) is 0 Å². The molecule has 0 amide bonds. The molecule has 5 nitrogen and oxygen atoms in total. The molecule has 1 aromatic heterocycles. The van der Waals surface area contributed by atoms with Crippen LogP contribution in [0.1, 0.15) is 35.6 Å². The number of carboxylic acid groups (broad SMARTS) is 1. The average Bonchev–Trinajstić information content (AvgIpc) is 3.15. The molecule has 1 aliphatic rings. The summed E-state index contributed by atoms with van der Waals surface area (Å²) in [5.74, 6) is 1.04. The number of methoxy groups -OCH3 is 1. The number of hydrogen-bond donors (Lipinski definition) is 1. The van der Waals surface area contributed by atoms with Crippen LogP contribution < -0.4 is 9.47 Å². The maximum Gasteiger partial charge on any atom is 0.303 e. The number of benzene rings is 2. The molecule has 1 heterocycles. The zero-order valence-electron chi connectivity index (χ0n) is 17.0. The number of aryl methyl sites for hydroxylation is 1. The third-order valence-corrected chi connectivity index (χ3v) is 5.56. The van der Waals surface area contributed by atoms with Crippen molar-refractivity contribution in [3.63, 3.8) is 0 Å². The molecule has 0 bridgehead atoms. The Morgan fingerprint density at radius 3 is 2.67 bits per heavy atom. The summed E-state index contributed by atoms with van der Waals surface area (Å²) in [6.07, 6.45) is 2.72. The van der Waals surface area contributed by atoms with Gasteiger partial charge >= 0.3 is 5.97 Å². The summed E-state index contributed by atoms with van der Waals surface area (Å²) < 4.78 is 11.2. The lowest BCUT2D eigenvalue weighted by Crippen LogP contribution is -2.04. The average molecular weight is 403 g/mol. The van der Waals surface area contributed by atoms with Gasteiger partial charge in [-0.25, -0.2) is 0 Å². The summed E-state index contributed by atoms with van der Waals surface area (Å²) in [5.41, 5.74) is 5.31. The second kappa shape index (κ2) is 8.99. The van der Waals surface area contributed by atoms with Crippen LogP contribution in [0.2, 0.25) is 0 Å². The Balaban J connectivity index is 1.36. The molecule has 4 rings (SSSR count). The molecule has 154 valence electrons. The van der Waals surface area contributed by atoms with Gasteiger partial charge in [-0.3, -0.25) is 9.78 Å². The van der Waals surface area contributed by atoms with E-state index in [0.717, 1.165) is 46.9 Å². The molecule has 0 fully saturated rings. The Labute approximate surface area is 176 Å². The van der Waals surface area contributed by atoms with E-state index in [1.54, 1.807) is 7.11 Å². The van der Waals surface area contributed by atoms with Gasteiger partial charge in [-0.15, -0.1) is 0 Å². The predicted molar refractivity (Wildman–Crippen MR) is 115 cm³/mol. The minimum Gasteiger partial charge on any atom is -0.497 e. The van der Waals surface area contributed by atoms with E-state index in [1.807, 2.05) is 54.6 Å². The van der Waals surface area contributed by atoms with Gasteiger partial charge in [-0.05, 0) is 78.4 Å². The van der Waals surface area contributed by atoms with Gasteiger partial charge in [0.15, 0.2) is 0 Å². The van der Waals surface area contributed by atoms with Crippen molar-refractivity contribution in [1.29, 1.82) is 0 Å². The number of carbonyl (C=O) groups is 1. The highest BCUT2D eigenvalue weighted by Gasteiger charge is 2.24. The van der Waals surface area contributed by atoms with Gasteiger partial charge in [-0.2, -0.15) is 0 Å². The van der Waals surface area contributed by atoms with Gasteiger partial charge in [0.2, 0.25) is 0 Å². The van der Waals surface area contributed by atoms with Crippen molar-refractivity contribution in [1.82, 2.24) is 4.98 Å². The quantitative estimate of drug-likeness (QED) is 0.580. The molecule has 0 unspecified atom stereocenters. The SMILES string of the molecule is COc1ccc(-c2cccc(CCOc3ccc4c(c3)CC[C@H]4CC(=O)O)n2)cc1. The number of fused-ring (bicyclic) bond motifs is 1. The molecule has 0 saturated carbocycles. The third-order valence-electron chi connectivity index (χ3n) is 5.56. The second-order valence-electron chi connectivity index (χ2n) is 7.54. The number of nitrogens with zero attached hydrogens (tertiary/aromatic N) is 1. The summed E-state index contributed by atoms with van der Waals surface area (Å²) in [5, 5.41) is 9.06. The lowest BCUT2D eigenvalue weighted by molar-refractivity contribution is -0.137. The van der Waals surface area contributed by atoms with E-state index in [0.29, 0.717) is 13.0 Å². The fourth-order valence-corrected chi connectivity index (χ4v) is 4.01. The fourth-order valence-electron chi connectivity index (χ4n) is 4.01. The molecule has 1 aliphatic carbocycles. The Morgan fingerprint density at radius 2 is 1.90 bits per heavy atom. The van der Waals surface area contributed by atoms with E-state index < -0.39 is 5.97 Å². The molecular weight excluding hydrogens is 378 g/mol. The summed E-state index contributed by atoms with van der Waals surface area (Å²) in [7, 11) is 1.66. The Bertz CT molecular complexity index is 1030. The van der Waals surface area contributed by atoms with Crippen molar-refractivity contribution >= 4 is 5.97 Å². The maximum atomic E-state index is 11.0. The molecule has 1 N–H and O–H groups in total. The van der Waals surface area contributed by atoms with E-state index in [9.17, 15) is 4.79 Å². The Morgan fingerprint density at radius 1 is 1.10 bits per heavy atom. The van der Waals surface area contributed by atoms with Crippen molar-refractivity contribution in [2.24, 2.45) is 0 Å². The molecule has 0 radical (unpaired) electrons. The smallest absolute Gasteiger partial charge is 0.303 e. The molecule has 0 saturated heterocycles. The van der Waals surface area contributed by atoms with Crippen LogP contribution >= 0.6 is 0 Å². The van der Waals surface area contributed by atoms with Gasteiger partial charge in [0, 0.05) is 17.7 Å². The lowest BCUT2D eigenvalue weighted by Gasteiger charge is -2.11. The van der Waals surface area contributed by atoms with Crippen LogP contribution in [0.25, 0.3) is 11.3 Å². The molecule has 30 heavy (non-hydrogen) atoms. The molecule has 3 aromatic rings. The largest absolute Gasteiger partial charge is 0.497 e. The first kappa shape index (κ1) is 20.0. The third kappa shape index (κ3) is 4.62. The van der Waals surface area contributed by atoms with Crippen LogP contribution in [-0.2, 0) is 17.6 Å². The molecule has 5 heteroatoms. The number of aromatic nitrogens is 1. The van der Waals surface area contributed by atoms with Crippen molar-refractivity contribution < 1.29 is 19.4 Å². The zero-order chi connectivity index (χ0) is 20.9. The summed E-state index contributed by atoms with van der Waals surface area (Å²) >= 11 is 0. The van der Waals surface area contributed by atoms with Crippen molar-refractivity contribution in [3.05, 3.63) is 77.5 Å². The van der Waals surface area contributed by atoms with E-state index >= 15 is 0 Å². The first-order valence-electron chi connectivity index (χ1n) is 10.2. The standard InChI is InChI=1S/C25H25NO4/c1-29-21-9-7-17(8-10-21)24-4-2-3-20(26-24)13-14-30-22-11-12-23-18(15-22)5-6-19(23)16-25(27)28/h2-4,7-12,15,19H,5-6,13-14,16H2,1H3,(H,27,28)/t19-/m0/s1. The van der Waals surface area contributed by atoms with Crippen LogP contribution in [-0.4, -0.2) is 29.8 Å².